The predicted octanol–water partition coefficient (Wildman–Crippen LogP) is 14.8. The Morgan fingerprint density at radius 1 is 0.507 bits per heavy atom. The third-order valence-electron chi connectivity index (χ3n) is 12.5. The summed E-state index contributed by atoms with van der Waals surface area (Å²) < 4.78 is 235. The number of aliphatic imine (C=N–C) groups is 1. The van der Waals surface area contributed by atoms with Crippen molar-refractivity contribution in [2.45, 2.75) is 117 Å². The first-order valence-electron chi connectivity index (χ1n) is 23.2. The van der Waals surface area contributed by atoms with Gasteiger partial charge >= 0.3 is 0 Å². The molecule has 0 aliphatic heterocycles. The molecule has 3 aliphatic carbocycles. The van der Waals surface area contributed by atoms with Crippen molar-refractivity contribution in [3.05, 3.63) is 182 Å². The molecule has 5 aromatic carbocycles. The molecule has 392 valence electrons. The molecule has 0 spiro atoms. The second-order valence-electron chi connectivity index (χ2n) is 19.7. The summed E-state index contributed by atoms with van der Waals surface area (Å²) in [6, 6.07) is 20.0. The van der Waals surface area contributed by atoms with Gasteiger partial charge in [0.25, 0.3) is 0 Å². The van der Waals surface area contributed by atoms with Crippen molar-refractivity contribution in [1.29, 1.82) is 0 Å². The molecule has 2 fully saturated rings. The van der Waals surface area contributed by atoms with E-state index >= 15 is 52.7 Å². The molecule has 0 saturated heterocycles. The number of hydrogen-bond donors (Lipinski definition) is 0. The maximum atomic E-state index is 16.5. The van der Waals surface area contributed by atoms with Crippen LogP contribution in [-0.4, -0.2) is 23.4 Å². The molecule has 0 atom stereocenters. The molecular formula is C54H50BF15N2Zr-4. The van der Waals surface area contributed by atoms with E-state index in [9.17, 15) is 13.2 Å². The summed E-state index contributed by atoms with van der Waals surface area (Å²) in [4.78, 5) is 7.62. The zero-order valence-electron chi connectivity index (χ0n) is 40.6. The van der Waals surface area contributed by atoms with E-state index in [1.165, 1.54) is 0 Å². The zero-order chi connectivity index (χ0) is 53.6. The second kappa shape index (κ2) is 25.0. The summed E-state index contributed by atoms with van der Waals surface area (Å²) in [5, 5.41) is 0. The molecule has 0 bridgehead atoms. The summed E-state index contributed by atoms with van der Waals surface area (Å²) in [6.07, 6.45) is 0.804. The van der Waals surface area contributed by atoms with Gasteiger partial charge in [0.1, 0.15) is 41.0 Å². The van der Waals surface area contributed by atoms with Crippen LogP contribution in [0.15, 0.2) is 87.8 Å². The van der Waals surface area contributed by atoms with E-state index < -0.39 is 138 Å². The summed E-state index contributed by atoms with van der Waals surface area (Å²) in [5.74, 6) is -46.5. The molecule has 73 heavy (non-hydrogen) atoms. The second-order valence-corrected chi connectivity index (χ2v) is 19.7. The van der Waals surface area contributed by atoms with E-state index in [0.717, 1.165) is 0 Å². The Bertz CT molecular complexity index is 2540. The normalized spacial score (nSPS) is 16.1. The van der Waals surface area contributed by atoms with Crippen LogP contribution in [0.25, 0.3) is 4.85 Å². The van der Waals surface area contributed by atoms with E-state index in [-0.39, 0.29) is 55.7 Å². The minimum absolute atomic E-state index is 0. The Kier molecular flexibility index (Phi) is 20.7. The van der Waals surface area contributed by atoms with Crippen molar-refractivity contribution in [1.82, 2.24) is 0 Å². The van der Waals surface area contributed by atoms with Gasteiger partial charge in [-0.05, 0) is 58.3 Å². The van der Waals surface area contributed by atoms with Crippen molar-refractivity contribution < 1.29 is 92.1 Å². The summed E-state index contributed by atoms with van der Waals surface area (Å²) >= 11 is 0. The molecule has 0 amide bonds. The smallest absolute Gasteiger partial charge is 0.224 e. The predicted molar refractivity (Wildman–Crippen MR) is 248 cm³/mol. The molecule has 0 N–H and O–H groups in total. The first-order valence-corrected chi connectivity index (χ1v) is 23.2. The molecule has 0 radical (unpaired) electrons. The molecule has 8 rings (SSSR count). The summed E-state index contributed by atoms with van der Waals surface area (Å²) in [7, 11) is 0. The average molecular weight is 1110 g/mol. The molecule has 0 unspecified atom stereocenters. The molecule has 3 aliphatic rings. The maximum absolute atomic E-state index is 16.5. The largest absolute Gasteiger partial charge is 0.390 e. The molecular weight excluding hydrogens is 1060 g/mol. The van der Waals surface area contributed by atoms with Gasteiger partial charge in [-0.3, -0.25) is 5.47 Å². The minimum atomic E-state index is -5.85. The van der Waals surface area contributed by atoms with Crippen LogP contribution in [0.5, 0.6) is 0 Å². The first kappa shape index (κ1) is 60.5. The van der Waals surface area contributed by atoms with Gasteiger partial charge in [0.05, 0.1) is 0 Å². The number of rotatable bonds is 7. The fourth-order valence-electron chi connectivity index (χ4n) is 9.26. The van der Waals surface area contributed by atoms with E-state index in [2.05, 4.69) is 16.1 Å². The summed E-state index contributed by atoms with van der Waals surface area (Å²) in [6.45, 7) is 16.9. The van der Waals surface area contributed by atoms with Crippen LogP contribution in [0, 0.1) is 106 Å². The average Bonchev–Trinajstić information content (AvgIpc) is 3.77. The molecule has 0 heterocycles. The number of benzene rings is 3. The van der Waals surface area contributed by atoms with Gasteiger partial charge in [0.15, 0.2) is 52.4 Å². The van der Waals surface area contributed by atoms with Crippen molar-refractivity contribution >= 4 is 28.7 Å². The van der Waals surface area contributed by atoms with Crippen LogP contribution in [0.1, 0.15) is 106 Å². The fraction of sp³-hybridized carbons (Fsp3) is 0.370. The zero-order valence-corrected chi connectivity index (χ0v) is 43.1. The Morgan fingerprint density at radius 3 is 1.05 bits per heavy atom. The topological polar surface area (TPSA) is 16.7 Å². The monoisotopic (exact) mass is 1110 g/mol. The van der Waals surface area contributed by atoms with Crippen molar-refractivity contribution in [3.8, 4) is 0 Å². The van der Waals surface area contributed by atoms with Crippen LogP contribution in [0.4, 0.5) is 65.9 Å². The van der Waals surface area contributed by atoms with Gasteiger partial charge in [0, 0.05) is 52.5 Å². The van der Waals surface area contributed by atoms with Crippen LogP contribution < -0.4 is 16.4 Å². The number of halogens is 15. The van der Waals surface area contributed by atoms with Crippen LogP contribution in [0.2, 0.25) is 0 Å². The quantitative estimate of drug-likeness (QED) is 0.0386. The Morgan fingerprint density at radius 2 is 0.795 bits per heavy atom. The molecule has 5 aromatic rings. The molecule has 2 saturated carbocycles. The molecule has 19 heteroatoms. The van der Waals surface area contributed by atoms with Crippen LogP contribution in [0.3, 0.4) is 0 Å². The summed E-state index contributed by atoms with van der Waals surface area (Å²) in [5.41, 5.74) is -10.8. The van der Waals surface area contributed by atoms with E-state index in [1.807, 2.05) is 81.4 Å². The van der Waals surface area contributed by atoms with Crippen LogP contribution >= 0.6 is 0 Å². The van der Waals surface area contributed by atoms with Crippen molar-refractivity contribution in [3.63, 3.8) is 0 Å². The van der Waals surface area contributed by atoms with Crippen molar-refractivity contribution in [2.24, 2.45) is 16.8 Å². The van der Waals surface area contributed by atoms with Crippen molar-refractivity contribution in [2.75, 3.05) is 0 Å². The standard InChI is InChI=1S/C39H31BF15N.C5H9N.2C5H5.Zr/c1-39(2,3)56-14-17(15-10-6-4-7-11-15)19-18(16-12-8-5-9-13-16)20(19)40(21-24(41)30(47)36(53)31(48)25(21)42,22-26(43)32(49)37(54)33(50)27(22)44)23-28(45)34(51)38(55)35(52)29(23)46;1-5(2,3)6-4;2*1-2-4-5-3-1;/h15-16H,4-13H2,1-3H3;1-3H3;2*1-5H;/q-2;;2*-1;. The van der Waals surface area contributed by atoms with E-state index in [0.29, 0.717) is 51.4 Å². The van der Waals surface area contributed by atoms with Gasteiger partial charge in [-0.15, -0.1) is 22.6 Å². The van der Waals surface area contributed by atoms with Crippen LogP contribution in [-0.2, 0) is 26.2 Å². The van der Waals surface area contributed by atoms with E-state index in [1.54, 1.807) is 20.8 Å². The Hall–Kier alpha value is -5.10. The number of hydrogen-bond acceptors (Lipinski definition) is 1. The van der Waals surface area contributed by atoms with Gasteiger partial charge < -0.3 is 9.84 Å². The third-order valence-corrected chi connectivity index (χ3v) is 12.5. The molecule has 2 nitrogen and oxygen atoms in total. The molecule has 0 aromatic heterocycles. The van der Waals surface area contributed by atoms with Gasteiger partial charge in [0.2, 0.25) is 5.54 Å². The Labute approximate surface area is 434 Å². The first-order chi connectivity index (χ1) is 33.8. The van der Waals surface area contributed by atoms with Gasteiger partial charge in [-0.2, -0.15) is 47.5 Å². The van der Waals surface area contributed by atoms with Gasteiger partial charge in [-0.25, -0.2) is 102 Å². The van der Waals surface area contributed by atoms with Gasteiger partial charge in [-0.1, -0.05) is 38.5 Å². The number of nitrogens with zero attached hydrogens (tertiary/aromatic N) is 2. The Balaban J connectivity index is 0.000000579. The minimum Gasteiger partial charge on any atom is -0.390 e. The third kappa shape index (κ3) is 12.9. The number of allylic oxidation sites excluding steroid dienone is 4. The van der Waals surface area contributed by atoms with E-state index in [4.69, 9.17) is 6.57 Å². The maximum Gasteiger partial charge on any atom is 0.224 e. The SMILES string of the molecule is CC(C)(C)N=[C-]C(=C1C(C2CCCCC2)=C1[B-](c1c(F)c(F)c(F)c(F)c1F)(c1c(F)c(F)c(F)c(F)c1F)c1c(F)c(F)c(F)c(F)c1F)C1CCCCC1.[C-]#[N+]C(C)(C)C.[Zr].c1cc[cH-]c1.c1cc[cH-]c1. The fourth-order valence-corrected chi connectivity index (χ4v) is 9.26.